The van der Waals surface area contributed by atoms with Gasteiger partial charge in [-0.1, -0.05) is 31.1 Å². The number of hydrogen-bond acceptors (Lipinski definition) is 4. The van der Waals surface area contributed by atoms with Gasteiger partial charge in [-0.3, -0.25) is 9.59 Å². The maximum atomic E-state index is 12.3. The normalized spacial score (nSPS) is 11.6. The quantitative estimate of drug-likeness (QED) is 0.785. The molecule has 6 heteroatoms. The van der Waals surface area contributed by atoms with Gasteiger partial charge in [-0.25, -0.2) is 0 Å². The number of anilines is 1. The fourth-order valence-corrected chi connectivity index (χ4v) is 2.58. The number of hydrogen-bond donors (Lipinski definition) is 2. The monoisotopic (exact) mass is 344 g/mol. The Morgan fingerprint density at radius 3 is 2.32 bits per heavy atom. The van der Waals surface area contributed by atoms with Crippen LogP contribution in [0.1, 0.15) is 68.3 Å². The Hall–Kier alpha value is -2.63. The molecule has 0 fully saturated rings. The Bertz CT molecular complexity index is 743. The fourth-order valence-electron chi connectivity index (χ4n) is 2.58. The van der Waals surface area contributed by atoms with Gasteiger partial charge in [-0.05, 0) is 44.4 Å². The topological polar surface area (TPSA) is 92.4 Å². The van der Waals surface area contributed by atoms with Crippen LogP contribution in [0.2, 0.25) is 0 Å². The summed E-state index contributed by atoms with van der Waals surface area (Å²) in [6.07, 6.45) is 1.87. The van der Waals surface area contributed by atoms with E-state index in [1.54, 1.807) is 44.2 Å². The number of nitrogens with zero attached hydrogens (tertiary/aromatic N) is 1. The van der Waals surface area contributed by atoms with Crippen molar-refractivity contribution in [2.45, 2.75) is 51.9 Å². The lowest BCUT2D eigenvalue weighted by Crippen LogP contribution is -2.28. The molecule has 0 saturated heterocycles. The third-order valence-electron chi connectivity index (χ3n) is 4.56. The van der Waals surface area contributed by atoms with Crippen LogP contribution in [0.5, 0.6) is 0 Å². The van der Waals surface area contributed by atoms with Gasteiger partial charge in [-0.2, -0.15) is 0 Å². The fraction of sp³-hybridized carbons (Fsp3) is 0.421. The van der Waals surface area contributed by atoms with Crippen LogP contribution in [-0.4, -0.2) is 22.1 Å². The number of nitrogens with one attached hydrogen (secondary N) is 1. The molecule has 25 heavy (non-hydrogen) atoms. The Balaban J connectivity index is 2.10. The lowest BCUT2D eigenvalue weighted by atomic mass is 9.85. The van der Waals surface area contributed by atoms with E-state index in [2.05, 4.69) is 24.3 Å². The lowest BCUT2D eigenvalue weighted by Gasteiger charge is -2.19. The molecule has 0 bridgehead atoms. The molecule has 0 aliphatic rings. The van der Waals surface area contributed by atoms with Crippen molar-refractivity contribution < 1.29 is 19.2 Å². The first kappa shape index (κ1) is 18.7. The third kappa shape index (κ3) is 4.07. The van der Waals surface area contributed by atoms with Crippen LogP contribution in [0.25, 0.3) is 0 Å². The molecule has 0 aliphatic heterocycles. The molecule has 2 rings (SSSR count). The molecule has 0 atom stereocenters. The van der Waals surface area contributed by atoms with Crippen LogP contribution in [0.4, 0.5) is 5.69 Å². The van der Waals surface area contributed by atoms with Crippen molar-refractivity contribution in [3.63, 3.8) is 0 Å². The predicted molar refractivity (Wildman–Crippen MR) is 94.9 cm³/mol. The molecular formula is C19H24N2O4. The van der Waals surface area contributed by atoms with Gasteiger partial charge in [0.1, 0.15) is 0 Å². The van der Waals surface area contributed by atoms with Crippen LogP contribution >= 0.6 is 0 Å². The smallest absolute Gasteiger partial charge is 0.313 e. The maximum absolute atomic E-state index is 12.3. The average Bonchev–Trinajstić information content (AvgIpc) is 3.06. The van der Waals surface area contributed by atoms with Crippen molar-refractivity contribution in [3.05, 3.63) is 47.3 Å². The Kier molecular flexibility index (Phi) is 5.62. The average molecular weight is 344 g/mol. The largest absolute Gasteiger partial charge is 0.481 e. The van der Waals surface area contributed by atoms with Crippen molar-refractivity contribution in [3.8, 4) is 0 Å². The van der Waals surface area contributed by atoms with E-state index in [1.807, 2.05) is 0 Å². The van der Waals surface area contributed by atoms with Gasteiger partial charge in [0.15, 0.2) is 0 Å². The summed E-state index contributed by atoms with van der Waals surface area (Å²) in [5.41, 5.74) is 1.02. The summed E-state index contributed by atoms with van der Waals surface area (Å²) >= 11 is 0. The van der Waals surface area contributed by atoms with E-state index < -0.39 is 11.4 Å². The lowest BCUT2D eigenvalue weighted by molar-refractivity contribution is -0.142. The molecule has 134 valence electrons. The summed E-state index contributed by atoms with van der Waals surface area (Å²) in [5.74, 6) is -0.838. The second-order valence-corrected chi connectivity index (χ2v) is 6.59. The van der Waals surface area contributed by atoms with Gasteiger partial charge in [0.25, 0.3) is 5.91 Å². The van der Waals surface area contributed by atoms with Gasteiger partial charge in [0.2, 0.25) is 5.76 Å². The van der Waals surface area contributed by atoms with Crippen LogP contribution < -0.4 is 5.32 Å². The second-order valence-electron chi connectivity index (χ2n) is 6.59. The number of carboxylic acids is 1. The summed E-state index contributed by atoms with van der Waals surface area (Å²) in [7, 11) is 0. The zero-order valence-corrected chi connectivity index (χ0v) is 15.0. The van der Waals surface area contributed by atoms with Crippen molar-refractivity contribution in [2.75, 3.05) is 5.32 Å². The van der Waals surface area contributed by atoms with Gasteiger partial charge in [-0.15, -0.1) is 0 Å². The number of carbonyl (C=O) groups excluding carboxylic acids is 1. The number of amides is 1. The van der Waals surface area contributed by atoms with Gasteiger partial charge >= 0.3 is 5.97 Å². The minimum absolute atomic E-state index is 0.164. The molecular weight excluding hydrogens is 320 g/mol. The zero-order valence-electron chi connectivity index (χ0n) is 15.0. The second kappa shape index (κ2) is 7.51. The molecule has 1 aromatic carbocycles. The van der Waals surface area contributed by atoms with Gasteiger partial charge in [0.05, 0.1) is 11.1 Å². The Morgan fingerprint density at radius 2 is 1.80 bits per heavy atom. The van der Waals surface area contributed by atoms with E-state index in [-0.39, 0.29) is 17.6 Å². The van der Waals surface area contributed by atoms with E-state index in [1.165, 1.54) is 0 Å². The highest BCUT2D eigenvalue weighted by molar-refractivity contribution is 6.02. The zero-order chi connectivity index (χ0) is 18.6. The Labute approximate surface area is 147 Å². The van der Waals surface area contributed by atoms with Gasteiger partial charge < -0.3 is 14.9 Å². The molecule has 1 heterocycles. The summed E-state index contributed by atoms with van der Waals surface area (Å²) in [4.78, 5) is 23.6. The standard InChI is InChI=1S/C19H24N2O4/c1-5-12(6-2)15-11-16(25-21-15)17(22)20-14-9-7-13(8-10-14)19(3,4)18(23)24/h7-12H,5-6H2,1-4H3,(H,20,22)(H,23,24). The van der Waals surface area contributed by atoms with Crippen molar-refractivity contribution in [2.24, 2.45) is 0 Å². The van der Waals surface area contributed by atoms with Gasteiger partial charge in [0, 0.05) is 17.7 Å². The minimum Gasteiger partial charge on any atom is -0.481 e. The molecule has 0 radical (unpaired) electrons. The van der Waals surface area contributed by atoms with E-state index in [0.29, 0.717) is 11.3 Å². The summed E-state index contributed by atoms with van der Waals surface area (Å²) in [5, 5.41) is 16.0. The highest BCUT2D eigenvalue weighted by atomic mass is 16.5. The number of aliphatic carboxylic acids is 1. The molecule has 1 aromatic heterocycles. The first-order valence-corrected chi connectivity index (χ1v) is 8.41. The summed E-state index contributed by atoms with van der Waals surface area (Å²) < 4.78 is 5.15. The number of benzene rings is 1. The SMILES string of the molecule is CCC(CC)c1cc(C(=O)Nc2ccc(C(C)(C)C(=O)O)cc2)on1. The van der Waals surface area contributed by atoms with E-state index in [9.17, 15) is 14.7 Å². The van der Waals surface area contributed by atoms with Crippen LogP contribution in [-0.2, 0) is 10.2 Å². The first-order chi connectivity index (χ1) is 11.8. The van der Waals surface area contributed by atoms with Crippen molar-refractivity contribution >= 4 is 17.6 Å². The molecule has 1 amide bonds. The molecule has 0 aliphatic carbocycles. The summed E-state index contributed by atoms with van der Waals surface area (Å²) in [6.45, 7) is 7.42. The third-order valence-corrected chi connectivity index (χ3v) is 4.56. The molecule has 6 nitrogen and oxygen atoms in total. The number of carbonyl (C=O) groups is 2. The number of rotatable bonds is 7. The first-order valence-electron chi connectivity index (χ1n) is 8.41. The maximum Gasteiger partial charge on any atom is 0.313 e. The van der Waals surface area contributed by atoms with Crippen LogP contribution in [0.3, 0.4) is 0 Å². The number of aromatic nitrogens is 1. The van der Waals surface area contributed by atoms with E-state index >= 15 is 0 Å². The van der Waals surface area contributed by atoms with Crippen LogP contribution in [0, 0.1) is 0 Å². The Morgan fingerprint density at radius 1 is 1.20 bits per heavy atom. The van der Waals surface area contributed by atoms with E-state index in [4.69, 9.17) is 4.52 Å². The highest BCUT2D eigenvalue weighted by Crippen LogP contribution is 2.25. The molecule has 0 saturated carbocycles. The van der Waals surface area contributed by atoms with Crippen molar-refractivity contribution in [1.82, 2.24) is 5.16 Å². The molecule has 2 N–H and O–H groups in total. The van der Waals surface area contributed by atoms with Crippen molar-refractivity contribution in [1.29, 1.82) is 0 Å². The molecule has 0 unspecified atom stereocenters. The van der Waals surface area contributed by atoms with E-state index in [0.717, 1.165) is 18.5 Å². The highest BCUT2D eigenvalue weighted by Gasteiger charge is 2.29. The summed E-state index contributed by atoms with van der Waals surface area (Å²) in [6, 6.07) is 8.42. The number of carboxylic acid groups (broad SMARTS) is 1. The minimum atomic E-state index is -0.988. The molecule has 0 spiro atoms. The molecule has 2 aromatic rings. The predicted octanol–water partition coefficient (Wildman–Crippen LogP) is 4.19. The van der Waals surface area contributed by atoms with Crippen LogP contribution in [0.15, 0.2) is 34.9 Å².